The Morgan fingerprint density at radius 2 is 1.95 bits per heavy atom. The molecule has 0 radical (unpaired) electrons. The second-order valence-electron chi connectivity index (χ2n) is 7.13. The molecule has 0 bridgehead atoms. The van der Waals surface area contributed by atoms with Crippen LogP contribution in [0, 0.1) is 5.41 Å². The number of hydrogen-bond donors (Lipinski definition) is 1. The summed E-state index contributed by atoms with van der Waals surface area (Å²) in [4.78, 5) is 26.3. The first-order valence-electron chi connectivity index (χ1n) is 7.53. The molecule has 0 spiro atoms. The maximum atomic E-state index is 12.3. The maximum absolute atomic E-state index is 12.3. The van der Waals surface area contributed by atoms with Crippen molar-refractivity contribution in [3.8, 4) is 0 Å². The molecule has 1 saturated heterocycles. The minimum atomic E-state index is -0.383. The van der Waals surface area contributed by atoms with Gasteiger partial charge in [0.15, 0.2) is 0 Å². The summed E-state index contributed by atoms with van der Waals surface area (Å²) in [6, 6.07) is 7.97. The second kappa shape index (κ2) is 4.86. The fourth-order valence-electron chi connectivity index (χ4n) is 3.48. The molecule has 1 aliphatic heterocycles. The van der Waals surface area contributed by atoms with E-state index in [1.807, 2.05) is 32.9 Å². The SMILES string of the molecule is CC(C)(C)C1C(=O)NCC(=O)N1CC1Cc2ccccc21. The highest BCUT2D eigenvalue weighted by atomic mass is 16.2. The normalized spacial score (nSPS) is 25.2. The molecule has 0 saturated carbocycles. The molecule has 3 rings (SSSR count). The average molecular weight is 286 g/mol. The summed E-state index contributed by atoms with van der Waals surface area (Å²) in [5.74, 6) is 0.356. The van der Waals surface area contributed by atoms with Gasteiger partial charge in [-0.1, -0.05) is 45.0 Å². The fraction of sp³-hybridized carbons (Fsp3) is 0.529. The summed E-state index contributed by atoms with van der Waals surface area (Å²) in [7, 11) is 0. The van der Waals surface area contributed by atoms with E-state index in [0.717, 1.165) is 6.42 Å². The fourth-order valence-corrected chi connectivity index (χ4v) is 3.48. The van der Waals surface area contributed by atoms with Gasteiger partial charge in [-0.2, -0.15) is 0 Å². The van der Waals surface area contributed by atoms with E-state index in [1.165, 1.54) is 11.1 Å². The summed E-state index contributed by atoms with van der Waals surface area (Å²) < 4.78 is 0. The molecule has 1 aliphatic carbocycles. The molecule has 21 heavy (non-hydrogen) atoms. The van der Waals surface area contributed by atoms with E-state index in [-0.39, 0.29) is 29.8 Å². The van der Waals surface area contributed by atoms with Gasteiger partial charge in [0, 0.05) is 12.5 Å². The predicted octanol–water partition coefficient (Wildman–Crippen LogP) is 1.70. The first kappa shape index (κ1) is 14.1. The second-order valence-corrected chi connectivity index (χ2v) is 7.13. The van der Waals surface area contributed by atoms with E-state index < -0.39 is 0 Å². The third-order valence-electron chi connectivity index (χ3n) is 4.49. The van der Waals surface area contributed by atoms with E-state index >= 15 is 0 Å². The quantitative estimate of drug-likeness (QED) is 0.899. The number of hydrogen-bond acceptors (Lipinski definition) is 2. The van der Waals surface area contributed by atoms with Gasteiger partial charge in [-0.3, -0.25) is 9.59 Å². The lowest BCUT2D eigenvalue weighted by Gasteiger charge is -2.45. The van der Waals surface area contributed by atoms with Crippen molar-refractivity contribution in [2.45, 2.75) is 39.2 Å². The highest BCUT2D eigenvalue weighted by molar-refractivity contribution is 5.95. The van der Waals surface area contributed by atoms with Crippen LogP contribution in [0.25, 0.3) is 0 Å². The zero-order chi connectivity index (χ0) is 15.2. The Morgan fingerprint density at radius 3 is 2.62 bits per heavy atom. The summed E-state index contributed by atoms with van der Waals surface area (Å²) in [5, 5.41) is 2.72. The van der Waals surface area contributed by atoms with Crippen LogP contribution < -0.4 is 5.32 Å². The van der Waals surface area contributed by atoms with Gasteiger partial charge in [0.05, 0.1) is 6.54 Å². The summed E-state index contributed by atoms with van der Waals surface area (Å²) in [6.07, 6.45) is 0.998. The first-order chi connectivity index (χ1) is 9.88. The van der Waals surface area contributed by atoms with E-state index in [2.05, 4.69) is 17.4 Å². The van der Waals surface area contributed by atoms with Gasteiger partial charge in [0.25, 0.3) is 0 Å². The minimum absolute atomic E-state index is 0.0268. The molecule has 1 aromatic carbocycles. The number of carbonyl (C=O) groups is 2. The van der Waals surface area contributed by atoms with Crippen molar-refractivity contribution >= 4 is 11.8 Å². The largest absolute Gasteiger partial charge is 0.345 e. The Balaban J connectivity index is 1.82. The predicted molar refractivity (Wildman–Crippen MR) is 80.9 cm³/mol. The molecule has 4 nitrogen and oxygen atoms in total. The Morgan fingerprint density at radius 1 is 1.24 bits per heavy atom. The maximum Gasteiger partial charge on any atom is 0.243 e. The molecule has 2 unspecified atom stereocenters. The van der Waals surface area contributed by atoms with Crippen LogP contribution in [0.15, 0.2) is 24.3 Å². The minimum Gasteiger partial charge on any atom is -0.345 e. The highest BCUT2D eigenvalue weighted by Crippen LogP contribution is 2.37. The number of benzene rings is 1. The molecule has 112 valence electrons. The third kappa shape index (κ3) is 2.43. The average Bonchev–Trinajstić information content (AvgIpc) is 2.38. The lowest BCUT2D eigenvalue weighted by atomic mass is 9.76. The van der Waals surface area contributed by atoms with Crippen molar-refractivity contribution < 1.29 is 9.59 Å². The Kier molecular flexibility index (Phi) is 3.27. The molecule has 2 aliphatic rings. The van der Waals surface area contributed by atoms with E-state index in [9.17, 15) is 9.59 Å². The number of nitrogens with one attached hydrogen (secondary N) is 1. The summed E-state index contributed by atoms with van der Waals surface area (Å²) >= 11 is 0. The molecule has 1 aromatic rings. The molecule has 4 heteroatoms. The van der Waals surface area contributed by atoms with Crippen LogP contribution in [0.2, 0.25) is 0 Å². The van der Waals surface area contributed by atoms with Gasteiger partial charge >= 0.3 is 0 Å². The molecule has 2 atom stereocenters. The lowest BCUT2D eigenvalue weighted by molar-refractivity contribution is -0.150. The Bertz CT molecular complexity index is 589. The third-order valence-corrected chi connectivity index (χ3v) is 4.49. The zero-order valence-electron chi connectivity index (χ0n) is 12.8. The van der Waals surface area contributed by atoms with Gasteiger partial charge in [-0.25, -0.2) is 0 Å². The molecule has 2 amide bonds. The van der Waals surface area contributed by atoms with Crippen LogP contribution in [-0.2, 0) is 16.0 Å². The first-order valence-corrected chi connectivity index (χ1v) is 7.53. The summed E-state index contributed by atoms with van der Waals surface area (Å²) in [5.41, 5.74) is 2.43. The lowest BCUT2D eigenvalue weighted by Crippen LogP contribution is -2.63. The number of rotatable bonds is 2. The Hall–Kier alpha value is -1.84. The van der Waals surface area contributed by atoms with Crippen molar-refractivity contribution in [2.24, 2.45) is 5.41 Å². The van der Waals surface area contributed by atoms with Gasteiger partial charge < -0.3 is 10.2 Å². The zero-order valence-corrected chi connectivity index (χ0v) is 12.8. The molecular formula is C17H22N2O2. The number of fused-ring (bicyclic) bond motifs is 1. The number of amides is 2. The standard InChI is InChI=1S/C17H22N2O2/c1-17(2,3)15-16(21)18-9-14(20)19(15)10-12-8-11-6-4-5-7-13(11)12/h4-7,12,15H,8-10H2,1-3H3,(H,18,21). The van der Waals surface area contributed by atoms with Crippen molar-refractivity contribution in [3.05, 3.63) is 35.4 Å². The molecule has 0 aromatic heterocycles. The van der Waals surface area contributed by atoms with Gasteiger partial charge in [0.2, 0.25) is 11.8 Å². The smallest absolute Gasteiger partial charge is 0.243 e. The molecule has 1 fully saturated rings. The topological polar surface area (TPSA) is 49.4 Å². The van der Waals surface area contributed by atoms with Crippen LogP contribution in [0.5, 0.6) is 0 Å². The molecular weight excluding hydrogens is 264 g/mol. The van der Waals surface area contributed by atoms with Gasteiger partial charge in [-0.15, -0.1) is 0 Å². The summed E-state index contributed by atoms with van der Waals surface area (Å²) in [6.45, 7) is 6.80. The Labute approximate surface area is 125 Å². The number of carbonyl (C=O) groups excluding carboxylic acids is 2. The van der Waals surface area contributed by atoms with Crippen LogP contribution in [0.4, 0.5) is 0 Å². The van der Waals surface area contributed by atoms with Crippen LogP contribution in [0.1, 0.15) is 37.8 Å². The van der Waals surface area contributed by atoms with E-state index in [1.54, 1.807) is 4.90 Å². The monoisotopic (exact) mass is 286 g/mol. The van der Waals surface area contributed by atoms with Crippen LogP contribution in [-0.4, -0.2) is 35.8 Å². The molecule has 1 N–H and O–H groups in total. The van der Waals surface area contributed by atoms with Crippen molar-refractivity contribution in [2.75, 3.05) is 13.1 Å². The van der Waals surface area contributed by atoms with Gasteiger partial charge in [0.1, 0.15) is 6.04 Å². The van der Waals surface area contributed by atoms with Crippen molar-refractivity contribution in [1.82, 2.24) is 10.2 Å². The van der Waals surface area contributed by atoms with Crippen molar-refractivity contribution in [1.29, 1.82) is 0 Å². The van der Waals surface area contributed by atoms with Crippen LogP contribution in [0.3, 0.4) is 0 Å². The van der Waals surface area contributed by atoms with E-state index in [0.29, 0.717) is 12.5 Å². The number of piperazine rings is 1. The van der Waals surface area contributed by atoms with E-state index in [4.69, 9.17) is 0 Å². The number of nitrogens with zero attached hydrogens (tertiary/aromatic N) is 1. The van der Waals surface area contributed by atoms with Crippen LogP contribution >= 0.6 is 0 Å². The highest BCUT2D eigenvalue weighted by Gasteiger charge is 2.43. The van der Waals surface area contributed by atoms with Gasteiger partial charge in [-0.05, 0) is 23.0 Å². The van der Waals surface area contributed by atoms with Crippen molar-refractivity contribution in [3.63, 3.8) is 0 Å². The molecule has 1 heterocycles.